The third kappa shape index (κ3) is 3.11. The molecule has 3 nitrogen and oxygen atoms in total. The van der Waals surface area contributed by atoms with Gasteiger partial charge in [0.1, 0.15) is 11.5 Å². The Hall–Kier alpha value is -2.00. The second-order valence-corrected chi connectivity index (χ2v) is 4.90. The van der Waals surface area contributed by atoms with Crippen LogP contribution in [-0.2, 0) is 6.42 Å². The van der Waals surface area contributed by atoms with E-state index in [9.17, 15) is 4.79 Å². The molecule has 0 aliphatic heterocycles. The van der Waals surface area contributed by atoms with Crippen molar-refractivity contribution in [1.82, 2.24) is 0 Å². The Kier molecular flexibility index (Phi) is 4.30. The van der Waals surface area contributed by atoms with Crippen LogP contribution in [0.3, 0.4) is 0 Å². The van der Waals surface area contributed by atoms with E-state index < -0.39 is 5.97 Å². The highest BCUT2D eigenvalue weighted by molar-refractivity contribution is 6.31. The van der Waals surface area contributed by atoms with E-state index in [1.807, 2.05) is 19.9 Å². The van der Waals surface area contributed by atoms with Gasteiger partial charge >= 0.3 is 5.97 Å². The lowest BCUT2D eigenvalue weighted by Crippen LogP contribution is -1.97. The maximum atomic E-state index is 10.9. The Morgan fingerprint density at radius 2 is 2.00 bits per heavy atom. The van der Waals surface area contributed by atoms with E-state index in [1.54, 1.807) is 24.3 Å². The molecule has 0 heterocycles. The third-order valence-electron chi connectivity index (χ3n) is 3.05. The van der Waals surface area contributed by atoms with E-state index >= 15 is 0 Å². The number of carboxylic acid groups (broad SMARTS) is 1. The number of halogens is 1. The number of aromatic carboxylic acids is 1. The van der Waals surface area contributed by atoms with Gasteiger partial charge in [-0.3, -0.25) is 0 Å². The summed E-state index contributed by atoms with van der Waals surface area (Å²) in [6.45, 7) is 3.84. The first-order chi connectivity index (χ1) is 9.51. The summed E-state index contributed by atoms with van der Waals surface area (Å²) < 4.78 is 5.79. The van der Waals surface area contributed by atoms with Crippen LogP contribution in [0.25, 0.3) is 0 Å². The van der Waals surface area contributed by atoms with E-state index in [0.717, 1.165) is 22.6 Å². The average molecular weight is 291 g/mol. The van der Waals surface area contributed by atoms with Crippen LogP contribution < -0.4 is 4.74 Å². The number of rotatable bonds is 4. The molecule has 20 heavy (non-hydrogen) atoms. The summed E-state index contributed by atoms with van der Waals surface area (Å²) in [7, 11) is 0. The zero-order chi connectivity index (χ0) is 14.7. The van der Waals surface area contributed by atoms with Crippen molar-refractivity contribution in [3.63, 3.8) is 0 Å². The average Bonchev–Trinajstić information content (AvgIpc) is 2.42. The Morgan fingerprint density at radius 3 is 2.60 bits per heavy atom. The van der Waals surface area contributed by atoms with E-state index in [4.69, 9.17) is 21.4 Å². The van der Waals surface area contributed by atoms with Gasteiger partial charge in [-0.1, -0.05) is 18.5 Å². The maximum absolute atomic E-state index is 10.9. The molecule has 0 aliphatic rings. The fraction of sp³-hybridized carbons (Fsp3) is 0.188. The van der Waals surface area contributed by atoms with Crippen molar-refractivity contribution >= 4 is 17.6 Å². The van der Waals surface area contributed by atoms with Crippen molar-refractivity contribution in [1.29, 1.82) is 0 Å². The molecule has 0 saturated carbocycles. The number of hydrogen-bond donors (Lipinski definition) is 1. The number of aryl methyl sites for hydroxylation is 2. The van der Waals surface area contributed by atoms with Crippen LogP contribution in [0.4, 0.5) is 0 Å². The van der Waals surface area contributed by atoms with Crippen LogP contribution in [0, 0.1) is 6.92 Å². The smallest absolute Gasteiger partial charge is 0.335 e. The predicted octanol–water partition coefficient (Wildman–Crippen LogP) is 4.70. The van der Waals surface area contributed by atoms with E-state index in [1.165, 1.54) is 6.07 Å². The highest BCUT2D eigenvalue weighted by atomic mass is 35.5. The molecule has 2 rings (SSSR count). The predicted molar refractivity (Wildman–Crippen MR) is 79.0 cm³/mol. The zero-order valence-electron chi connectivity index (χ0n) is 11.3. The second-order valence-electron chi connectivity index (χ2n) is 4.49. The van der Waals surface area contributed by atoms with Gasteiger partial charge in [-0.05, 0) is 60.9 Å². The minimum Gasteiger partial charge on any atom is -0.478 e. The molecule has 0 radical (unpaired) electrons. The van der Waals surface area contributed by atoms with Crippen molar-refractivity contribution < 1.29 is 14.6 Å². The molecule has 0 spiro atoms. The van der Waals surface area contributed by atoms with Crippen LogP contribution in [-0.4, -0.2) is 11.1 Å². The summed E-state index contributed by atoms with van der Waals surface area (Å²) in [6.07, 6.45) is 0.826. The fourth-order valence-electron chi connectivity index (χ4n) is 1.91. The van der Waals surface area contributed by atoms with Gasteiger partial charge in [0.25, 0.3) is 0 Å². The second kappa shape index (κ2) is 5.97. The summed E-state index contributed by atoms with van der Waals surface area (Å²) in [6, 6.07) is 10.3. The molecule has 0 unspecified atom stereocenters. The Bertz CT molecular complexity index is 650. The first-order valence-corrected chi connectivity index (χ1v) is 6.69. The van der Waals surface area contributed by atoms with Crippen molar-refractivity contribution in [3.05, 3.63) is 58.1 Å². The number of hydrogen-bond acceptors (Lipinski definition) is 2. The Labute approximate surface area is 122 Å². The lowest BCUT2D eigenvalue weighted by atomic mass is 10.1. The lowest BCUT2D eigenvalue weighted by molar-refractivity contribution is 0.0697. The summed E-state index contributed by atoms with van der Waals surface area (Å²) in [5.41, 5.74) is 2.04. The zero-order valence-corrected chi connectivity index (χ0v) is 12.1. The highest BCUT2D eigenvalue weighted by Gasteiger charge is 2.08. The maximum Gasteiger partial charge on any atom is 0.335 e. The van der Waals surface area contributed by atoms with Gasteiger partial charge in [0.15, 0.2) is 0 Å². The van der Waals surface area contributed by atoms with Crippen LogP contribution in [0.5, 0.6) is 11.5 Å². The number of ether oxygens (including phenoxy) is 1. The van der Waals surface area contributed by atoms with Gasteiger partial charge in [-0.15, -0.1) is 0 Å². The molecule has 0 atom stereocenters. The van der Waals surface area contributed by atoms with Gasteiger partial charge in [-0.2, -0.15) is 0 Å². The van der Waals surface area contributed by atoms with E-state index in [0.29, 0.717) is 11.5 Å². The van der Waals surface area contributed by atoms with E-state index in [2.05, 4.69) is 0 Å². The molecule has 0 saturated heterocycles. The summed E-state index contributed by atoms with van der Waals surface area (Å²) in [4.78, 5) is 10.9. The fourth-order valence-corrected chi connectivity index (χ4v) is 2.16. The van der Waals surface area contributed by atoms with Crippen molar-refractivity contribution in [2.75, 3.05) is 0 Å². The standard InChI is InChI=1S/C16H15ClO3/c1-3-11-9-13(5-6-14(11)17)20-15-7-4-12(16(18)19)8-10(15)2/h4-9H,3H2,1-2H3,(H,18,19). The largest absolute Gasteiger partial charge is 0.478 e. The minimum absolute atomic E-state index is 0.250. The molecule has 104 valence electrons. The lowest BCUT2D eigenvalue weighted by Gasteiger charge is -2.11. The summed E-state index contributed by atoms with van der Waals surface area (Å²) in [5, 5.41) is 9.65. The molecular weight excluding hydrogens is 276 g/mol. The molecule has 0 aliphatic carbocycles. The van der Waals surface area contributed by atoms with Crippen LogP contribution in [0.2, 0.25) is 5.02 Å². The molecule has 1 N–H and O–H groups in total. The van der Waals surface area contributed by atoms with Crippen molar-refractivity contribution in [2.24, 2.45) is 0 Å². The molecule has 2 aromatic rings. The molecule has 0 aromatic heterocycles. The number of carboxylic acids is 1. The van der Waals surface area contributed by atoms with Gasteiger partial charge < -0.3 is 9.84 Å². The minimum atomic E-state index is -0.945. The molecule has 0 bridgehead atoms. The Morgan fingerprint density at radius 1 is 1.25 bits per heavy atom. The summed E-state index contributed by atoms with van der Waals surface area (Å²) in [5.74, 6) is 0.385. The van der Waals surface area contributed by atoms with Gasteiger partial charge in [-0.25, -0.2) is 4.79 Å². The highest BCUT2D eigenvalue weighted by Crippen LogP contribution is 2.29. The number of benzene rings is 2. The number of carbonyl (C=O) groups is 1. The topological polar surface area (TPSA) is 46.5 Å². The van der Waals surface area contributed by atoms with Crippen molar-refractivity contribution in [2.45, 2.75) is 20.3 Å². The monoisotopic (exact) mass is 290 g/mol. The first kappa shape index (κ1) is 14.4. The van der Waals surface area contributed by atoms with E-state index in [-0.39, 0.29) is 5.56 Å². The van der Waals surface area contributed by atoms with Gasteiger partial charge in [0.2, 0.25) is 0 Å². The first-order valence-electron chi connectivity index (χ1n) is 6.31. The van der Waals surface area contributed by atoms with Crippen LogP contribution in [0.15, 0.2) is 36.4 Å². The van der Waals surface area contributed by atoms with Gasteiger partial charge in [0.05, 0.1) is 5.56 Å². The molecular formula is C16H15ClO3. The van der Waals surface area contributed by atoms with Crippen LogP contribution in [0.1, 0.15) is 28.4 Å². The molecule has 0 amide bonds. The SMILES string of the molecule is CCc1cc(Oc2ccc(C(=O)O)cc2C)ccc1Cl. The Balaban J connectivity index is 2.28. The molecule has 2 aromatic carbocycles. The van der Waals surface area contributed by atoms with Crippen LogP contribution >= 0.6 is 11.6 Å². The quantitative estimate of drug-likeness (QED) is 0.887. The molecule has 0 fully saturated rings. The summed E-state index contributed by atoms with van der Waals surface area (Å²) >= 11 is 6.07. The molecule has 4 heteroatoms. The van der Waals surface area contributed by atoms with Gasteiger partial charge in [0, 0.05) is 5.02 Å². The third-order valence-corrected chi connectivity index (χ3v) is 3.42. The normalized spacial score (nSPS) is 10.3. The van der Waals surface area contributed by atoms with Crippen molar-refractivity contribution in [3.8, 4) is 11.5 Å².